The standard InChI is InChI=1S/C14H17N3O/c1-3-17-10-13(9-16-17)8-15-14-6-4-5-12(7-14)11-18-2/h3-7,9-10,15H,1,8,11H2,2H3. The summed E-state index contributed by atoms with van der Waals surface area (Å²) in [5, 5.41) is 7.49. The zero-order valence-electron chi connectivity index (χ0n) is 10.5. The summed E-state index contributed by atoms with van der Waals surface area (Å²) in [6, 6.07) is 8.19. The third-order valence-electron chi connectivity index (χ3n) is 2.58. The van der Waals surface area contributed by atoms with Crippen LogP contribution in [0, 0.1) is 0 Å². The van der Waals surface area contributed by atoms with E-state index in [9.17, 15) is 0 Å². The highest BCUT2D eigenvalue weighted by Gasteiger charge is 1.98. The summed E-state index contributed by atoms with van der Waals surface area (Å²) in [7, 11) is 1.70. The van der Waals surface area contributed by atoms with E-state index in [1.165, 1.54) is 0 Å². The first kappa shape index (κ1) is 12.4. The Morgan fingerprint density at radius 1 is 1.44 bits per heavy atom. The van der Waals surface area contributed by atoms with E-state index in [0.29, 0.717) is 6.61 Å². The van der Waals surface area contributed by atoms with Gasteiger partial charge in [-0.2, -0.15) is 5.10 Å². The lowest BCUT2D eigenvalue weighted by molar-refractivity contribution is 0.185. The number of anilines is 1. The third-order valence-corrected chi connectivity index (χ3v) is 2.58. The van der Waals surface area contributed by atoms with Crippen LogP contribution in [-0.2, 0) is 17.9 Å². The van der Waals surface area contributed by atoms with Gasteiger partial charge in [-0.3, -0.25) is 0 Å². The Hall–Kier alpha value is -2.07. The molecule has 2 rings (SSSR count). The van der Waals surface area contributed by atoms with E-state index in [2.05, 4.69) is 23.1 Å². The summed E-state index contributed by atoms with van der Waals surface area (Å²) in [4.78, 5) is 0. The van der Waals surface area contributed by atoms with Gasteiger partial charge in [0, 0.05) is 37.3 Å². The SMILES string of the molecule is C=Cn1cc(CNc2cccc(COC)c2)cn1. The number of rotatable bonds is 6. The normalized spacial score (nSPS) is 10.3. The average molecular weight is 243 g/mol. The van der Waals surface area contributed by atoms with Crippen molar-refractivity contribution in [3.8, 4) is 0 Å². The molecule has 4 nitrogen and oxygen atoms in total. The molecule has 0 fully saturated rings. The second-order valence-electron chi connectivity index (χ2n) is 4.00. The highest BCUT2D eigenvalue weighted by atomic mass is 16.5. The summed E-state index contributed by atoms with van der Waals surface area (Å²) in [6.45, 7) is 5.03. The first-order chi connectivity index (χ1) is 8.81. The molecule has 0 aliphatic heterocycles. The Balaban J connectivity index is 1.96. The maximum atomic E-state index is 5.11. The first-order valence-corrected chi connectivity index (χ1v) is 5.79. The van der Waals surface area contributed by atoms with Crippen molar-refractivity contribution in [2.24, 2.45) is 0 Å². The molecule has 0 amide bonds. The van der Waals surface area contributed by atoms with Crippen LogP contribution < -0.4 is 5.32 Å². The molecule has 0 aliphatic rings. The van der Waals surface area contributed by atoms with E-state index in [1.54, 1.807) is 18.0 Å². The average Bonchev–Trinajstić information content (AvgIpc) is 2.85. The molecule has 4 heteroatoms. The fourth-order valence-corrected chi connectivity index (χ4v) is 1.71. The van der Waals surface area contributed by atoms with Gasteiger partial charge in [0.1, 0.15) is 0 Å². The van der Waals surface area contributed by atoms with E-state index in [0.717, 1.165) is 23.4 Å². The predicted octanol–water partition coefficient (Wildman–Crippen LogP) is 2.74. The highest BCUT2D eigenvalue weighted by Crippen LogP contribution is 2.12. The van der Waals surface area contributed by atoms with Gasteiger partial charge in [-0.15, -0.1) is 0 Å². The molecule has 2 aromatic rings. The van der Waals surface area contributed by atoms with Gasteiger partial charge < -0.3 is 10.1 Å². The number of nitrogens with one attached hydrogen (secondary N) is 1. The van der Waals surface area contributed by atoms with Crippen molar-refractivity contribution in [1.29, 1.82) is 0 Å². The molecule has 0 saturated heterocycles. The fourth-order valence-electron chi connectivity index (χ4n) is 1.71. The number of methoxy groups -OCH3 is 1. The molecule has 0 unspecified atom stereocenters. The number of ether oxygens (including phenoxy) is 1. The van der Waals surface area contributed by atoms with Crippen LogP contribution in [0.15, 0.2) is 43.2 Å². The molecule has 0 bridgehead atoms. The van der Waals surface area contributed by atoms with Crippen LogP contribution in [0.2, 0.25) is 0 Å². The van der Waals surface area contributed by atoms with Crippen molar-refractivity contribution in [2.75, 3.05) is 12.4 Å². The topological polar surface area (TPSA) is 39.1 Å². The van der Waals surface area contributed by atoms with Crippen LogP contribution in [0.25, 0.3) is 6.20 Å². The van der Waals surface area contributed by atoms with E-state index in [1.807, 2.05) is 30.6 Å². The van der Waals surface area contributed by atoms with Crippen LogP contribution in [0.1, 0.15) is 11.1 Å². The molecule has 18 heavy (non-hydrogen) atoms. The number of benzene rings is 1. The van der Waals surface area contributed by atoms with Gasteiger partial charge in [-0.25, -0.2) is 4.68 Å². The summed E-state index contributed by atoms with van der Waals surface area (Å²) in [5.41, 5.74) is 3.35. The minimum atomic E-state index is 0.629. The van der Waals surface area contributed by atoms with E-state index in [4.69, 9.17) is 4.74 Å². The largest absolute Gasteiger partial charge is 0.381 e. The summed E-state index contributed by atoms with van der Waals surface area (Å²) < 4.78 is 6.80. The van der Waals surface area contributed by atoms with Crippen molar-refractivity contribution >= 4 is 11.9 Å². The van der Waals surface area contributed by atoms with Crippen molar-refractivity contribution < 1.29 is 4.74 Å². The minimum Gasteiger partial charge on any atom is -0.381 e. The van der Waals surface area contributed by atoms with Crippen LogP contribution in [0.3, 0.4) is 0 Å². The van der Waals surface area contributed by atoms with Crippen LogP contribution in [0.4, 0.5) is 5.69 Å². The Morgan fingerprint density at radius 2 is 2.33 bits per heavy atom. The van der Waals surface area contributed by atoms with Gasteiger partial charge in [-0.05, 0) is 17.7 Å². The zero-order valence-corrected chi connectivity index (χ0v) is 10.5. The van der Waals surface area contributed by atoms with Crippen molar-refractivity contribution in [3.63, 3.8) is 0 Å². The maximum absolute atomic E-state index is 5.11. The lowest BCUT2D eigenvalue weighted by Gasteiger charge is -2.06. The second kappa shape index (κ2) is 6.02. The molecule has 0 radical (unpaired) electrons. The van der Waals surface area contributed by atoms with Gasteiger partial charge in [0.05, 0.1) is 12.8 Å². The molecule has 0 aliphatic carbocycles. The molecule has 0 spiro atoms. The van der Waals surface area contributed by atoms with E-state index >= 15 is 0 Å². The number of hydrogen-bond acceptors (Lipinski definition) is 3. The van der Waals surface area contributed by atoms with Gasteiger partial charge in [0.2, 0.25) is 0 Å². The molecular formula is C14H17N3O. The van der Waals surface area contributed by atoms with E-state index < -0.39 is 0 Å². The Labute approximate surface area is 107 Å². The summed E-state index contributed by atoms with van der Waals surface area (Å²) >= 11 is 0. The number of aromatic nitrogens is 2. The third kappa shape index (κ3) is 3.21. The van der Waals surface area contributed by atoms with Crippen LogP contribution in [-0.4, -0.2) is 16.9 Å². The Bertz CT molecular complexity index is 519. The monoisotopic (exact) mass is 243 g/mol. The number of nitrogens with zero attached hydrogens (tertiary/aromatic N) is 2. The molecule has 1 aromatic heterocycles. The zero-order chi connectivity index (χ0) is 12.8. The molecule has 1 N–H and O–H groups in total. The molecule has 0 saturated carbocycles. The van der Waals surface area contributed by atoms with Crippen LogP contribution in [0.5, 0.6) is 0 Å². The van der Waals surface area contributed by atoms with Crippen molar-refractivity contribution in [3.05, 3.63) is 54.4 Å². The Morgan fingerprint density at radius 3 is 3.06 bits per heavy atom. The quantitative estimate of drug-likeness (QED) is 0.848. The Kier molecular flexibility index (Phi) is 4.15. The van der Waals surface area contributed by atoms with Crippen molar-refractivity contribution in [2.45, 2.75) is 13.2 Å². The van der Waals surface area contributed by atoms with Crippen molar-refractivity contribution in [1.82, 2.24) is 9.78 Å². The summed E-state index contributed by atoms with van der Waals surface area (Å²) in [5.74, 6) is 0. The minimum absolute atomic E-state index is 0.629. The van der Waals surface area contributed by atoms with Gasteiger partial charge in [0.25, 0.3) is 0 Å². The first-order valence-electron chi connectivity index (χ1n) is 5.79. The van der Waals surface area contributed by atoms with Crippen LogP contribution >= 0.6 is 0 Å². The predicted molar refractivity (Wildman–Crippen MR) is 73.1 cm³/mol. The highest BCUT2D eigenvalue weighted by molar-refractivity contribution is 5.46. The second-order valence-corrected chi connectivity index (χ2v) is 4.00. The smallest absolute Gasteiger partial charge is 0.0713 e. The molecule has 0 atom stereocenters. The number of hydrogen-bond donors (Lipinski definition) is 1. The maximum Gasteiger partial charge on any atom is 0.0713 e. The van der Waals surface area contributed by atoms with Gasteiger partial charge in [-0.1, -0.05) is 18.7 Å². The summed E-state index contributed by atoms with van der Waals surface area (Å²) in [6.07, 6.45) is 5.44. The fraction of sp³-hybridized carbons (Fsp3) is 0.214. The molecule has 1 aromatic carbocycles. The van der Waals surface area contributed by atoms with Gasteiger partial charge in [0.15, 0.2) is 0 Å². The lowest BCUT2D eigenvalue weighted by atomic mass is 10.2. The lowest BCUT2D eigenvalue weighted by Crippen LogP contribution is -1.99. The molecule has 94 valence electrons. The molecule has 1 heterocycles. The van der Waals surface area contributed by atoms with Gasteiger partial charge >= 0.3 is 0 Å². The molecular weight excluding hydrogens is 226 g/mol. The van der Waals surface area contributed by atoms with E-state index in [-0.39, 0.29) is 0 Å².